The van der Waals surface area contributed by atoms with Crippen molar-refractivity contribution in [3.8, 4) is 11.1 Å². The van der Waals surface area contributed by atoms with E-state index >= 15 is 0 Å². The molecule has 1 amide bonds. The van der Waals surface area contributed by atoms with Crippen molar-refractivity contribution in [2.75, 3.05) is 13.1 Å². The molecule has 4 rings (SSSR count). The monoisotopic (exact) mass is 333 g/mol. The smallest absolute Gasteiger partial charge is 0.264 e. The summed E-state index contributed by atoms with van der Waals surface area (Å²) >= 11 is 1.55. The van der Waals surface area contributed by atoms with E-state index in [2.05, 4.69) is 42.5 Å². The SMILES string of the molecule is O=C(c1sccc1-c1ccccc1)N1CC[C@@H](c2ccccc2)C1. The first-order valence-corrected chi connectivity index (χ1v) is 9.18. The molecule has 1 aliphatic heterocycles. The highest BCUT2D eigenvalue weighted by atomic mass is 32.1. The van der Waals surface area contributed by atoms with E-state index in [4.69, 9.17) is 0 Å². The van der Waals surface area contributed by atoms with Gasteiger partial charge in [0.2, 0.25) is 0 Å². The van der Waals surface area contributed by atoms with E-state index in [1.165, 1.54) is 5.56 Å². The van der Waals surface area contributed by atoms with Crippen LogP contribution in [0, 0.1) is 0 Å². The highest BCUT2D eigenvalue weighted by Gasteiger charge is 2.29. The molecule has 2 nitrogen and oxygen atoms in total. The van der Waals surface area contributed by atoms with Gasteiger partial charge in [-0.05, 0) is 29.0 Å². The van der Waals surface area contributed by atoms with Gasteiger partial charge >= 0.3 is 0 Å². The van der Waals surface area contributed by atoms with Crippen LogP contribution in [0.5, 0.6) is 0 Å². The Morgan fingerprint density at radius 1 is 0.958 bits per heavy atom. The Hall–Kier alpha value is -2.39. The lowest BCUT2D eigenvalue weighted by Crippen LogP contribution is -2.28. The Bertz CT molecular complexity index is 825. The van der Waals surface area contributed by atoms with Crippen LogP contribution in [0.1, 0.15) is 27.6 Å². The number of hydrogen-bond donors (Lipinski definition) is 0. The zero-order valence-electron chi connectivity index (χ0n) is 13.4. The highest BCUT2D eigenvalue weighted by Crippen LogP contribution is 2.33. The zero-order chi connectivity index (χ0) is 16.4. The van der Waals surface area contributed by atoms with Crippen LogP contribution in [0.2, 0.25) is 0 Å². The van der Waals surface area contributed by atoms with E-state index in [1.807, 2.05) is 34.5 Å². The third-order valence-corrected chi connectivity index (χ3v) is 5.59. The van der Waals surface area contributed by atoms with Crippen molar-refractivity contribution in [1.29, 1.82) is 0 Å². The van der Waals surface area contributed by atoms with Gasteiger partial charge in [0, 0.05) is 24.6 Å². The van der Waals surface area contributed by atoms with Gasteiger partial charge in [0.1, 0.15) is 0 Å². The van der Waals surface area contributed by atoms with Crippen molar-refractivity contribution in [2.24, 2.45) is 0 Å². The molecular formula is C21H19NOS. The minimum Gasteiger partial charge on any atom is -0.337 e. The molecule has 0 N–H and O–H groups in total. The van der Waals surface area contributed by atoms with Crippen molar-refractivity contribution < 1.29 is 4.79 Å². The average Bonchev–Trinajstić information content (AvgIpc) is 3.32. The van der Waals surface area contributed by atoms with Crippen LogP contribution in [0.3, 0.4) is 0 Å². The lowest BCUT2D eigenvalue weighted by atomic mass is 9.99. The van der Waals surface area contributed by atoms with Crippen molar-refractivity contribution >= 4 is 17.2 Å². The highest BCUT2D eigenvalue weighted by molar-refractivity contribution is 7.12. The summed E-state index contributed by atoms with van der Waals surface area (Å²) in [5, 5.41) is 2.01. The molecule has 0 saturated carbocycles. The first-order chi connectivity index (χ1) is 11.8. The maximum absolute atomic E-state index is 13.0. The molecule has 0 unspecified atom stereocenters. The molecule has 120 valence electrons. The molecule has 3 aromatic rings. The fraction of sp³-hybridized carbons (Fsp3) is 0.190. The summed E-state index contributed by atoms with van der Waals surface area (Å²) in [5.41, 5.74) is 3.50. The standard InChI is InChI=1S/C21H19NOS/c23-21(20-19(12-14-24-20)17-9-5-2-6-10-17)22-13-11-18(15-22)16-7-3-1-4-8-16/h1-10,12,14,18H,11,13,15H2/t18-/m1/s1. The van der Waals surface area contributed by atoms with Crippen LogP contribution < -0.4 is 0 Å². The second-order valence-corrected chi connectivity index (χ2v) is 7.09. The van der Waals surface area contributed by atoms with Gasteiger partial charge in [0.05, 0.1) is 4.88 Å². The van der Waals surface area contributed by atoms with Gasteiger partial charge in [-0.1, -0.05) is 60.7 Å². The summed E-state index contributed by atoms with van der Waals surface area (Å²) in [5.74, 6) is 0.623. The predicted molar refractivity (Wildman–Crippen MR) is 99.5 cm³/mol. The van der Waals surface area contributed by atoms with E-state index in [0.717, 1.165) is 35.5 Å². The van der Waals surface area contributed by atoms with Crippen LogP contribution in [0.25, 0.3) is 11.1 Å². The van der Waals surface area contributed by atoms with Gasteiger partial charge in [-0.2, -0.15) is 0 Å². The van der Waals surface area contributed by atoms with Crippen molar-refractivity contribution in [3.63, 3.8) is 0 Å². The van der Waals surface area contributed by atoms with E-state index in [9.17, 15) is 4.79 Å². The molecule has 0 aliphatic carbocycles. The summed E-state index contributed by atoms with van der Waals surface area (Å²) in [6.07, 6.45) is 1.04. The summed E-state index contributed by atoms with van der Waals surface area (Å²) in [4.78, 5) is 15.9. The van der Waals surface area contributed by atoms with Crippen LogP contribution in [0.4, 0.5) is 0 Å². The lowest BCUT2D eigenvalue weighted by Gasteiger charge is -2.17. The molecule has 24 heavy (non-hydrogen) atoms. The van der Waals surface area contributed by atoms with Crippen LogP contribution in [-0.4, -0.2) is 23.9 Å². The molecule has 0 spiro atoms. The van der Waals surface area contributed by atoms with Crippen LogP contribution in [-0.2, 0) is 0 Å². The normalized spacial score (nSPS) is 17.2. The molecule has 0 bridgehead atoms. The van der Waals surface area contributed by atoms with Crippen LogP contribution in [0.15, 0.2) is 72.1 Å². The van der Waals surface area contributed by atoms with E-state index in [-0.39, 0.29) is 5.91 Å². The minimum atomic E-state index is 0.169. The Kier molecular flexibility index (Phi) is 4.18. The number of amides is 1. The third-order valence-electron chi connectivity index (χ3n) is 4.69. The van der Waals surface area contributed by atoms with Gasteiger partial charge in [0.25, 0.3) is 5.91 Å². The van der Waals surface area contributed by atoms with E-state index < -0.39 is 0 Å². The molecule has 1 atom stereocenters. The number of benzene rings is 2. The maximum Gasteiger partial charge on any atom is 0.264 e. The first-order valence-electron chi connectivity index (χ1n) is 8.30. The number of hydrogen-bond acceptors (Lipinski definition) is 2. The Balaban J connectivity index is 1.55. The second kappa shape index (κ2) is 6.62. The van der Waals surface area contributed by atoms with Gasteiger partial charge in [-0.25, -0.2) is 0 Å². The van der Waals surface area contributed by atoms with Crippen LogP contribution >= 0.6 is 11.3 Å². The Labute approximate surface area is 146 Å². The lowest BCUT2D eigenvalue weighted by molar-refractivity contribution is 0.0796. The van der Waals surface area contributed by atoms with Crippen molar-refractivity contribution in [2.45, 2.75) is 12.3 Å². The zero-order valence-corrected chi connectivity index (χ0v) is 14.2. The minimum absolute atomic E-state index is 0.169. The topological polar surface area (TPSA) is 20.3 Å². The largest absolute Gasteiger partial charge is 0.337 e. The van der Waals surface area contributed by atoms with Gasteiger partial charge in [0.15, 0.2) is 0 Å². The number of nitrogens with zero attached hydrogens (tertiary/aromatic N) is 1. The fourth-order valence-corrected chi connectivity index (χ4v) is 4.29. The predicted octanol–water partition coefficient (Wildman–Crippen LogP) is 5.04. The Morgan fingerprint density at radius 2 is 1.67 bits per heavy atom. The quantitative estimate of drug-likeness (QED) is 0.657. The van der Waals surface area contributed by atoms with Gasteiger partial charge in [-0.15, -0.1) is 11.3 Å². The molecule has 0 radical (unpaired) electrons. The summed E-state index contributed by atoms with van der Waals surface area (Å²) < 4.78 is 0. The molecule has 3 heteroatoms. The van der Waals surface area contributed by atoms with Crippen molar-refractivity contribution in [3.05, 3.63) is 82.6 Å². The number of carbonyl (C=O) groups is 1. The molecule has 1 saturated heterocycles. The number of rotatable bonds is 3. The molecule has 2 heterocycles. The van der Waals surface area contributed by atoms with Crippen molar-refractivity contribution in [1.82, 2.24) is 4.90 Å². The molecular weight excluding hydrogens is 314 g/mol. The van der Waals surface area contributed by atoms with E-state index in [1.54, 1.807) is 11.3 Å². The molecule has 2 aromatic carbocycles. The number of carbonyl (C=O) groups excluding carboxylic acids is 1. The fourth-order valence-electron chi connectivity index (χ4n) is 3.41. The number of thiophene rings is 1. The first kappa shape index (κ1) is 15.2. The summed E-state index contributed by atoms with van der Waals surface area (Å²) in [6, 6.07) is 22.7. The summed E-state index contributed by atoms with van der Waals surface area (Å²) in [7, 11) is 0. The van der Waals surface area contributed by atoms with Gasteiger partial charge < -0.3 is 4.90 Å². The third kappa shape index (κ3) is 2.87. The molecule has 1 aromatic heterocycles. The molecule has 1 fully saturated rings. The second-order valence-electron chi connectivity index (χ2n) is 6.18. The van der Waals surface area contributed by atoms with Gasteiger partial charge in [-0.3, -0.25) is 4.79 Å². The Morgan fingerprint density at radius 3 is 2.42 bits per heavy atom. The van der Waals surface area contributed by atoms with E-state index in [0.29, 0.717) is 5.92 Å². The molecule has 1 aliphatic rings. The number of likely N-dealkylation sites (tertiary alicyclic amines) is 1. The summed E-state index contributed by atoms with van der Waals surface area (Å²) in [6.45, 7) is 1.65. The maximum atomic E-state index is 13.0. The average molecular weight is 333 g/mol.